The van der Waals surface area contributed by atoms with Gasteiger partial charge in [-0.05, 0) is 23.1 Å². The second kappa shape index (κ2) is 3.18. The summed E-state index contributed by atoms with van der Waals surface area (Å²) < 4.78 is 3.59. The lowest BCUT2D eigenvalue weighted by atomic mass is 10.3. The van der Waals surface area contributed by atoms with Gasteiger partial charge >= 0.3 is 0 Å². The first-order valence-corrected chi connectivity index (χ1v) is 3.95. The third-order valence-corrected chi connectivity index (χ3v) is 2.46. The van der Waals surface area contributed by atoms with Crippen molar-refractivity contribution < 1.29 is 4.79 Å². The second-order valence-electron chi connectivity index (χ2n) is 1.56. The molecule has 0 unspecified atom stereocenters. The van der Waals surface area contributed by atoms with Gasteiger partial charge in [-0.15, -0.1) is 0 Å². The number of carbonyl (C=O) groups excluding carboxylic acids is 1. The van der Waals surface area contributed by atoms with E-state index in [1.54, 1.807) is 6.07 Å². The lowest BCUT2D eigenvalue weighted by molar-refractivity contribution is 0.108. The van der Waals surface area contributed by atoms with E-state index in [0.29, 0.717) is 0 Å². The van der Waals surface area contributed by atoms with Gasteiger partial charge in [-0.3, -0.25) is 4.79 Å². The summed E-state index contributed by atoms with van der Waals surface area (Å²) >= 11 is 11.4. The molecule has 1 aromatic rings. The van der Waals surface area contributed by atoms with Crippen LogP contribution in [-0.4, -0.2) is 9.62 Å². The van der Waals surface area contributed by atoms with Gasteiger partial charge in [0.1, 0.15) is 16.5 Å². The number of halogens is 2. The van der Waals surface area contributed by atoms with Crippen LogP contribution < -0.4 is 0 Å². The molecular formula is C5Cl2N2OS. The first kappa shape index (κ1) is 8.47. The lowest BCUT2D eigenvalue weighted by Crippen LogP contribution is -1.86. The van der Waals surface area contributed by atoms with Crippen molar-refractivity contribution in [3.8, 4) is 6.07 Å². The summed E-state index contributed by atoms with van der Waals surface area (Å²) in [6.45, 7) is 0. The molecule has 1 rings (SSSR count). The Labute approximate surface area is 76.3 Å². The monoisotopic (exact) mass is 206 g/mol. The molecule has 6 heteroatoms. The Morgan fingerprint density at radius 2 is 2.36 bits per heavy atom. The summed E-state index contributed by atoms with van der Waals surface area (Å²) in [4.78, 5) is 10.7. The van der Waals surface area contributed by atoms with E-state index in [1.165, 1.54) is 0 Å². The summed E-state index contributed by atoms with van der Waals surface area (Å²) in [7, 11) is 0. The van der Waals surface area contributed by atoms with Gasteiger partial charge in [-0.1, -0.05) is 11.6 Å². The average molecular weight is 207 g/mol. The minimum absolute atomic E-state index is 0.0292. The summed E-state index contributed by atoms with van der Waals surface area (Å²) in [6.07, 6.45) is 0. The number of nitriles is 1. The van der Waals surface area contributed by atoms with Gasteiger partial charge in [0.2, 0.25) is 0 Å². The molecule has 0 saturated carbocycles. The van der Waals surface area contributed by atoms with Crippen molar-refractivity contribution in [3.63, 3.8) is 0 Å². The number of carbonyl (C=O) groups is 1. The van der Waals surface area contributed by atoms with Crippen molar-refractivity contribution in [2.24, 2.45) is 0 Å². The predicted molar refractivity (Wildman–Crippen MR) is 42.0 cm³/mol. The van der Waals surface area contributed by atoms with Gasteiger partial charge in [-0.25, -0.2) is 0 Å². The molecule has 1 aromatic heterocycles. The number of rotatable bonds is 1. The highest BCUT2D eigenvalue weighted by Crippen LogP contribution is 2.23. The van der Waals surface area contributed by atoms with Crippen molar-refractivity contribution in [2.45, 2.75) is 0 Å². The van der Waals surface area contributed by atoms with Crippen LogP contribution in [0.5, 0.6) is 0 Å². The van der Waals surface area contributed by atoms with Gasteiger partial charge in [-0.2, -0.15) is 9.64 Å². The zero-order chi connectivity index (χ0) is 8.43. The number of nitrogens with zero attached hydrogens (tertiary/aromatic N) is 2. The van der Waals surface area contributed by atoms with E-state index in [-0.39, 0.29) is 15.6 Å². The van der Waals surface area contributed by atoms with Crippen LogP contribution in [0, 0.1) is 11.3 Å². The third-order valence-electron chi connectivity index (χ3n) is 0.941. The molecule has 0 aliphatic carbocycles. The molecule has 0 aliphatic rings. The van der Waals surface area contributed by atoms with Gasteiger partial charge in [0.15, 0.2) is 5.15 Å². The van der Waals surface area contributed by atoms with Crippen LogP contribution >= 0.6 is 34.7 Å². The summed E-state index contributed by atoms with van der Waals surface area (Å²) in [5.74, 6) is 0. The Balaban J connectivity index is 3.30. The molecule has 0 bridgehead atoms. The molecule has 0 saturated heterocycles. The number of aromatic nitrogens is 1. The Hall–Kier alpha value is -0.630. The first-order valence-electron chi connectivity index (χ1n) is 2.42. The highest BCUT2D eigenvalue weighted by molar-refractivity contribution is 7.11. The molecule has 0 fully saturated rings. The molecule has 0 N–H and O–H groups in total. The molecule has 1 heterocycles. The standard InChI is InChI=1S/C5Cl2N2OS/c6-4-2(1-8)3(5(7)10)11-9-4. The first-order chi connectivity index (χ1) is 5.16. The fraction of sp³-hybridized carbons (Fsp3) is 0. The zero-order valence-electron chi connectivity index (χ0n) is 4.97. The maximum atomic E-state index is 10.6. The number of hydrogen-bond acceptors (Lipinski definition) is 4. The van der Waals surface area contributed by atoms with Crippen molar-refractivity contribution in [1.82, 2.24) is 4.37 Å². The van der Waals surface area contributed by atoms with E-state index in [2.05, 4.69) is 4.37 Å². The molecule has 3 nitrogen and oxygen atoms in total. The average Bonchev–Trinajstić information content (AvgIpc) is 2.30. The van der Waals surface area contributed by atoms with Crippen LogP contribution in [0.15, 0.2) is 0 Å². The number of hydrogen-bond donors (Lipinski definition) is 0. The second-order valence-corrected chi connectivity index (χ2v) is 3.04. The van der Waals surface area contributed by atoms with Crippen molar-refractivity contribution in [2.75, 3.05) is 0 Å². The van der Waals surface area contributed by atoms with E-state index in [9.17, 15) is 4.79 Å². The smallest absolute Gasteiger partial charge is 0.265 e. The highest BCUT2D eigenvalue weighted by Gasteiger charge is 2.16. The van der Waals surface area contributed by atoms with E-state index in [1.807, 2.05) is 0 Å². The van der Waals surface area contributed by atoms with Crippen molar-refractivity contribution >= 4 is 40.0 Å². The molecule has 56 valence electrons. The largest absolute Gasteiger partial charge is 0.275 e. The normalized spacial score (nSPS) is 9.18. The molecule has 0 atom stereocenters. The fourth-order valence-corrected chi connectivity index (χ4v) is 1.56. The minimum atomic E-state index is -0.703. The summed E-state index contributed by atoms with van der Waals surface area (Å²) in [5, 5.41) is 7.78. The molecular weight excluding hydrogens is 207 g/mol. The van der Waals surface area contributed by atoms with Crippen LogP contribution in [0.2, 0.25) is 5.15 Å². The molecule has 0 radical (unpaired) electrons. The van der Waals surface area contributed by atoms with E-state index in [4.69, 9.17) is 28.5 Å². The summed E-state index contributed by atoms with van der Waals surface area (Å²) in [5.41, 5.74) is 0.0525. The zero-order valence-corrected chi connectivity index (χ0v) is 7.30. The van der Waals surface area contributed by atoms with Crippen LogP contribution in [0.1, 0.15) is 15.2 Å². The van der Waals surface area contributed by atoms with E-state index >= 15 is 0 Å². The summed E-state index contributed by atoms with van der Waals surface area (Å²) in [6, 6.07) is 1.74. The van der Waals surface area contributed by atoms with Crippen molar-refractivity contribution in [3.05, 3.63) is 15.6 Å². The van der Waals surface area contributed by atoms with Gasteiger partial charge in [0.05, 0.1) is 0 Å². The third kappa shape index (κ3) is 1.51. The van der Waals surface area contributed by atoms with E-state index < -0.39 is 5.24 Å². The fourth-order valence-electron chi connectivity index (χ4n) is 0.502. The predicted octanol–water partition coefficient (Wildman–Crippen LogP) is 2.05. The molecule has 0 aliphatic heterocycles. The Morgan fingerprint density at radius 1 is 1.73 bits per heavy atom. The quantitative estimate of drug-likeness (QED) is 0.662. The maximum Gasteiger partial charge on any atom is 0.265 e. The van der Waals surface area contributed by atoms with E-state index in [0.717, 1.165) is 11.5 Å². The van der Waals surface area contributed by atoms with Crippen LogP contribution in [-0.2, 0) is 0 Å². The molecule has 0 amide bonds. The molecule has 11 heavy (non-hydrogen) atoms. The Morgan fingerprint density at radius 3 is 2.73 bits per heavy atom. The topological polar surface area (TPSA) is 53.8 Å². The SMILES string of the molecule is N#Cc1c(Cl)nsc1C(=O)Cl. The van der Waals surface area contributed by atoms with Crippen LogP contribution in [0.25, 0.3) is 0 Å². The Kier molecular flexibility index (Phi) is 2.45. The van der Waals surface area contributed by atoms with Crippen LogP contribution in [0.3, 0.4) is 0 Å². The minimum Gasteiger partial charge on any atom is -0.275 e. The molecule has 0 spiro atoms. The maximum absolute atomic E-state index is 10.6. The van der Waals surface area contributed by atoms with Crippen LogP contribution in [0.4, 0.5) is 0 Å². The highest BCUT2D eigenvalue weighted by atomic mass is 35.5. The van der Waals surface area contributed by atoms with Gasteiger partial charge < -0.3 is 0 Å². The lowest BCUT2D eigenvalue weighted by Gasteiger charge is -1.82. The van der Waals surface area contributed by atoms with Crippen molar-refractivity contribution in [1.29, 1.82) is 5.26 Å². The Bertz CT molecular complexity index is 341. The molecule has 0 aromatic carbocycles. The van der Waals surface area contributed by atoms with Gasteiger partial charge in [0.25, 0.3) is 5.24 Å². The van der Waals surface area contributed by atoms with Gasteiger partial charge in [0, 0.05) is 0 Å².